The number of rotatable bonds is 5. The highest BCUT2D eigenvalue weighted by Crippen LogP contribution is 2.43. The van der Waals surface area contributed by atoms with Gasteiger partial charge in [-0.1, -0.05) is 0 Å². The summed E-state index contributed by atoms with van der Waals surface area (Å²) in [5.41, 5.74) is 10.1. The molecule has 0 aromatic carbocycles. The first-order valence-corrected chi connectivity index (χ1v) is 6.94. The van der Waals surface area contributed by atoms with Gasteiger partial charge < -0.3 is 21.5 Å². The van der Waals surface area contributed by atoms with Crippen molar-refractivity contribution in [1.29, 1.82) is 0 Å². The monoisotopic (exact) mass is 283 g/mol. The molecular formula is C13H23N4O3. The van der Waals surface area contributed by atoms with Crippen LogP contribution in [0.15, 0.2) is 0 Å². The lowest BCUT2D eigenvalue weighted by Gasteiger charge is -2.43. The third kappa shape index (κ3) is 2.60. The van der Waals surface area contributed by atoms with Crippen molar-refractivity contribution in [1.82, 2.24) is 9.80 Å². The maximum Gasteiger partial charge on any atom is 0.314 e. The van der Waals surface area contributed by atoms with E-state index in [1.807, 2.05) is 4.90 Å². The van der Waals surface area contributed by atoms with Crippen molar-refractivity contribution in [2.45, 2.75) is 43.4 Å². The molecule has 0 aromatic rings. The third-order valence-corrected chi connectivity index (χ3v) is 4.53. The topological polar surface area (TPSA) is 113 Å². The Morgan fingerprint density at radius 2 is 2.25 bits per heavy atom. The van der Waals surface area contributed by atoms with E-state index in [0.717, 1.165) is 19.3 Å². The van der Waals surface area contributed by atoms with Crippen molar-refractivity contribution < 1.29 is 14.7 Å². The number of carbonyl (C=O) groups is 2. The van der Waals surface area contributed by atoms with Crippen LogP contribution in [0.1, 0.15) is 25.7 Å². The predicted molar refractivity (Wildman–Crippen MR) is 73.4 cm³/mol. The summed E-state index contributed by atoms with van der Waals surface area (Å²) in [4.78, 5) is 26.1. The highest BCUT2D eigenvalue weighted by atomic mass is 16.3. The van der Waals surface area contributed by atoms with E-state index in [0.29, 0.717) is 13.0 Å². The Labute approximate surface area is 118 Å². The van der Waals surface area contributed by atoms with Gasteiger partial charge in [-0.15, -0.1) is 0 Å². The molecule has 3 amide bonds. The van der Waals surface area contributed by atoms with E-state index >= 15 is 0 Å². The summed E-state index contributed by atoms with van der Waals surface area (Å²) < 4.78 is 0. The van der Waals surface area contributed by atoms with E-state index in [1.165, 1.54) is 11.9 Å². The van der Waals surface area contributed by atoms with Crippen LogP contribution in [0.5, 0.6) is 0 Å². The van der Waals surface area contributed by atoms with Gasteiger partial charge in [0.2, 0.25) is 5.91 Å². The average molecular weight is 283 g/mol. The van der Waals surface area contributed by atoms with Crippen molar-refractivity contribution in [3.63, 3.8) is 0 Å². The van der Waals surface area contributed by atoms with Crippen molar-refractivity contribution in [3.8, 4) is 0 Å². The first-order valence-electron chi connectivity index (χ1n) is 6.94. The molecule has 2 bridgehead atoms. The number of nitrogens with two attached hydrogens (primary N) is 2. The second kappa shape index (κ2) is 5.57. The number of nitrogens with zero attached hydrogens (tertiary/aromatic N) is 2. The molecule has 113 valence electrons. The summed E-state index contributed by atoms with van der Waals surface area (Å²) in [6.45, 7) is 0.482. The summed E-state index contributed by atoms with van der Waals surface area (Å²) in [7, 11) is 1.54. The van der Waals surface area contributed by atoms with Gasteiger partial charge in [-0.3, -0.25) is 9.69 Å². The van der Waals surface area contributed by atoms with Gasteiger partial charge >= 0.3 is 6.03 Å². The number of urea groups is 1. The molecule has 3 atom stereocenters. The molecule has 7 nitrogen and oxygen atoms in total. The summed E-state index contributed by atoms with van der Waals surface area (Å²) in [5, 5.41) is 10.1. The van der Waals surface area contributed by atoms with E-state index in [1.54, 1.807) is 0 Å². The molecule has 2 saturated heterocycles. The summed E-state index contributed by atoms with van der Waals surface area (Å²) in [5.74, 6) is -0.327. The normalized spacial score (nSPS) is 31.0. The number of primary amides is 2. The Morgan fingerprint density at radius 1 is 1.55 bits per heavy atom. The second-order valence-electron chi connectivity index (χ2n) is 5.84. The van der Waals surface area contributed by atoms with Crippen LogP contribution in [-0.2, 0) is 4.79 Å². The predicted octanol–water partition coefficient (Wildman–Crippen LogP) is -0.956. The molecule has 2 heterocycles. The number of hydrogen-bond acceptors (Lipinski definition) is 4. The Hall–Kier alpha value is -1.34. The van der Waals surface area contributed by atoms with E-state index in [9.17, 15) is 14.7 Å². The number of amides is 3. The van der Waals surface area contributed by atoms with Crippen LogP contribution >= 0.6 is 0 Å². The quantitative estimate of drug-likeness (QED) is 0.603. The molecule has 2 rings (SSSR count). The number of likely N-dealkylation sites (N-methyl/N-ethyl adjacent to an activating group) is 1. The lowest BCUT2D eigenvalue weighted by atomic mass is 9.87. The van der Waals surface area contributed by atoms with Gasteiger partial charge in [-0.05, 0) is 32.1 Å². The molecule has 5 N–H and O–H groups in total. The number of aliphatic hydroxyl groups is 1. The number of fused-ring (bicyclic) bond motifs is 2. The minimum atomic E-state index is -0.745. The maximum atomic E-state index is 11.9. The molecule has 2 fully saturated rings. The molecule has 1 unspecified atom stereocenters. The zero-order valence-electron chi connectivity index (χ0n) is 11.8. The first kappa shape index (κ1) is 15.1. The largest absolute Gasteiger partial charge is 0.390 e. The fourth-order valence-electron chi connectivity index (χ4n) is 3.41. The summed E-state index contributed by atoms with van der Waals surface area (Å²) in [6, 6.07) is -0.326. The maximum absolute atomic E-state index is 11.9. The van der Waals surface area contributed by atoms with E-state index in [2.05, 4.69) is 6.42 Å². The Kier molecular flexibility index (Phi) is 4.19. The van der Waals surface area contributed by atoms with E-state index in [-0.39, 0.29) is 18.5 Å². The Morgan fingerprint density at radius 3 is 2.85 bits per heavy atom. The van der Waals surface area contributed by atoms with Crippen molar-refractivity contribution in [2.24, 2.45) is 11.5 Å². The van der Waals surface area contributed by atoms with Crippen LogP contribution in [0, 0.1) is 6.42 Å². The molecule has 0 spiro atoms. The molecule has 2 aliphatic rings. The van der Waals surface area contributed by atoms with Gasteiger partial charge in [0.25, 0.3) is 0 Å². The van der Waals surface area contributed by atoms with E-state index in [4.69, 9.17) is 11.5 Å². The minimum absolute atomic E-state index is 0.150. The summed E-state index contributed by atoms with van der Waals surface area (Å²) >= 11 is 0. The van der Waals surface area contributed by atoms with Crippen LogP contribution < -0.4 is 11.5 Å². The average Bonchev–Trinajstić information content (AvgIpc) is 2.59. The van der Waals surface area contributed by atoms with Crippen molar-refractivity contribution >= 4 is 11.9 Å². The molecule has 1 radical (unpaired) electrons. The number of β-amino-alcohol motifs (C(OH)–C–C–N with tert-alkyl or cyclic N) is 1. The van der Waals surface area contributed by atoms with Crippen LogP contribution in [0.25, 0.3) is 0 Å². The number of piperidine rings is 1. The van der Waals surface area contributed by atoms with Crippen molar-refractivity contribution in [3.05, 3.63) is 6.42 Å². The fourth-order valence-corrected chi connectivity index (χ4v) is 3.41. The van der Waals surface area contributed by atoms with Crippen LogP contribution in [-0.4, -0.2) is 64.7 Å². The van der Waals surface area contributed by atoms with Gasteiger partial charge in [0, 0.05) is 26.2 Å². The zero-order valence-corrected chi connectivity index (χ0v) is 11.8. The van der Waals surface area contributed by atoms with Gasteiger partial charge in [-0.25, -0.2) is 4.79 Å². The molecule has 0 aliphatic carbocycles. The van der Waals surface area contributed by atoms with Crippen molar-refractivity contribution in [2.75, 3.05) is 20.1 Å². The Balaban J connectivity index is 2.04. The second-order valence-corrected chi connectivity index (χ2v) is 5.84. The van der Waals surface area contributed by atoms with Crippen LogP contribution in [0.3, 0.4) is 0 Å². The lowest BCUT2D eigenvalue weighted by Crippen LogP contribution is -2.60. The van der Waals surface area contributed by atoms with Gasteiger partial charge in [0.15, 0.2) is 0 Å². The van der Waals surface area contributed by atoms with Crippen LogP contribution in [0.2, 0.25) is 0 Å². The molecule has 7 heteroatoms. The summed E-state index contributed by atoms with van der Waals surface area (Å²) in [6.07, 6.45) is 4.57. The van der Waals surface area contributed by atoms with Crippen LogP contribution in [0.4, 0.5) is 4.79 Å². The number of hydrogen-bond donors (Lipinski definition) is 3. The Bertz CT molecular complexity index is 399. The highest BCUT2D eigenvalue weighted by molar-refractivity contribution is 5.85. The zero-order chi connectivity index (χ0) is 14.9. The minimum Gasteiger partial charge on any atom is -0.390 e. The fraction of sp³-hybridized carbons (Fsp3) is 0.769. The smallest absolute Gasteiger partial charge is 0.314 e. The van der Waals surface area contributed by atoms with E-state index < -0.39 is 17.7 Å². The lowest BCUT2D eigenvalue weighted by molar-refractivity contribution is -0.131. The standard InChI is InChI=1S/C13H23N4O3/c1-16(12(15)20)7-10(18)8-17-9-3-2-5-13(17,6-4-9)11(14)19/h2,9-10,18H,3-8H2,1H3,(H2,14,19)(H2,15,20)/t9-,10?,13+/m1/s1. The van der Waals surface area contributed by atoms with Gasteiger partial charge in [-0.2, -0.15) is 0 Å². The third-order valence-electron chi connectivity index (χ3n) is 4.53. The number of carbonyl (C=O) groups excluding carboxylic acids is 2. The van der Waals surface area contributed by atoms with Gasteiger partial charge in [0.1, 0.15) is 5.54 Å². The van der Waals surface area contributed by atoms with Gasteiger partial charge in [0.05, 0.1) is 6.10 Å². The molecule has 20 heavy (non-hydrogen) atoms. The molecule has 0 saturated carbocycles. The first-order chi connectivity index (χ1) is 9.36. The molecule has 0 aromatic heterocycles. The molecule has 2 aliphatic heterocycles. The SMILES string of the molecule is CN(CC(O)CN1[C@@H]2C[CH]C[C@@]1(C(N)=O)CC2)C(N)=O. The highest BCUT2D eigenvalue weighted by Gasteiger charge is 2.52. The molecular weight excluding hydrogens is 260 g/mol. The number of aliphatic hydroxyl groups excluding tert-OH is 1.